The lowest BCUT2D eigenvalue weighted by Gasteiger charge is -2.25. The Balaban J connectivity index is 2.41. The van der Waals surface area contributed by atoms with Crippen molar-refractivity contribution in [3.05, 3.63) is 35.4 Å². The van der Waals surface area contributed by atoms with Gasteiger partial charge in [0.2, 0.25) is 0 Å². The van der Waals surface area contributed by atoms with Gasteiger partial charge in [0.25, 0.3) is 5.91 Å². The van der Waals surface area contributed by atoms with Gasteiger partial charge in [-0.05, 0) is 18.9 Å². The van der Waals surface area contributed by atoms with Crippen LogP contribution in [0.25, 0.3) is 0 Å². The molecule has 1 aliphatic heterocycles. The highest BCUT2D eigenvalue weighted by molar-refractivity contribution is 9.09. The summed E-state index contributed by atoms with van der Waals surface area (Å²) in [6.07, 6.45) is 0.541. The van der Waals surface area contributed by atoms with Gasteiger partial charge in [-0.2, -0.15) is 0 Å². The van der Waals surface area contributed by atoms with E-state index in [4.69, 9.17) is 0 Å². The first-order chi connectivity index (χ1) is 9.05. The average Bonchev–Trinajstić information content (AvgIpc) is 2.65. The highest BCUT2D eigenvalue weighted by Crippen LogP contribution is 2.32. The number of urea groups is 1. The molecule has 1 aromatic rings. The number of carbonyl (C=O) groups excluding carboxylic acids is 2. The zero-order valence-electron chi connectivity index (χ0n) is 11.1. The molecular weight excluding hydrogens is 308 g/mol. The highest BCUT2D eigenvalue weighted by atomic mass is 79.9. The predicted octanol–water partition coefficient (Wildman–Crippen LogP) is 2.55. The molecule has 2 rings (SSSR count). The molecule has 3 amide bonds. The molecule has 1 aliphatic rings. The van der Waals surface area contributed by atoms with Gasteiger partial charge in [0.1, 0.15) is 5.54 Å². The van der Waals surface area contributed by atoms with Crippen molar-refractivity contribution in [2.75, 3.05) is 11.9 Å². The molecule has 102 valence electrons. The van der Waals surface area contributed by atoms with Gasteiger partial charge in [0.05, 0.1) is 0 Å². The molecule has 0 radical (unpaired) electrons. The van der Waals surface area contributed by atoms with Gasteiger partial charge in [-0.1, -0.05) is 52.7 Å². The quantitative estimate of drug-likeness (QED) is 0.683. The minimum absolute atomic E-state index is 0.164. The van der Waals surface area contributed by atoms with Gasteiger partial charge in [-0.3, -0.25) is 9.69 Å². The van der Waals surface area contributed by atoms with Gasteiger partial charge in [0, 0.05) is 11.9 Å². The minimum Gasteiger partial charge on any atom is -0.319 e. The Labute approximate surface area is 121 Å². The number of aryl methyl sites for hydroxylation is 1. The number of alkyl halides is 1. The Bertz CT molecular complexity index is 501. The van der Waals surface area contributed by atoms with Gasteiger partial charge >= 0.3 is 6.03 Å². The Morgan fingerprint density at radius 3 is 2.42 bits per heavy atom. The fourth-order valence-corrected chi connectivity index (χ4v) is 2.75. The van der Waals surface area contributed by atoms with Crippen molar-refractivity contribution >= 4 is 27.9 Å². The second-order valence-corrected chi connectivity index (χ2v) is 5.49. The number of carbonyl (C=O) groups is 2. The molecule has 5 heteroatoms. The number of hydrogen-bond acceptors (Lipinski definition) is 2. The molecule has 1 atom stereocenters. The number of halogens is 1. The van der Waals surface area contributed by atoms with Crippen LogP contribution in [0, 0.1) is 6.92 Å². The normalized spacial score (nSPS) is 22.8. The second kappa shape index (κ2) is 5.33. The zero-order valence-corrected chi connectivity index (χ0v) is 12.7. The van der Waals surface area contributed by atoms with E-state index in [0.717, 1.165) is 11.1 Å². The van der Waals surface area contributed by atoms with E-state index in [1.54, 1.807) is 0 Å². The maximum atomic E-state index is 12.6. The van der Waals surface area contributed by atoms with E-state index < -0.39 is 5.54 Å². The van der Waals surface area contributed by atoms with Crippen molar-refractivity contribution < 1.29 is 9.59 Å². The lowest BCUT2D eigenvalue weighted by Crippen LogP contribution is -2.43. The third-order valence-electron chi connectivity index (χ3n) is 3.56. The van der Waals surface area contributed by atoms with Crippen LogP contribution in [-0.2, 0) is 10.3 Å². The minimum atomic E-state index is -0.910. The van der Waals surface area contributed by atoms with Gasteiger partial charge in [-0.15, -0.1) is 0 Å². The van der Waals surface area contributed by atoms with Crippen LogP contribution in [0.3, 0.4) is 0 Å². The summed E-state index contributed by atoms with van der Waals surface area (Å²) in [6.45, 7) is 4.29. The number of nitrogens with one attached hydrogen (secondary N) is 1. The van der Waals surface area contributed by atoms with Crippen LogP contribution in [0.4, 0.5) is 4.79 Å². The molecule has 1 saturated heterocycles. The average molecular weight is 325 g/mol. The Morgan fingerprint density at radius 2 is 1.89 bits per heavy atom. The van der Waals surface area contributed by atoms with Crippen molar-refractivity contribution in [1.82, 2.24) is 10.2 Å². The first-order valence-corrected chi connectivity index (χ1v) is 7.44. The maximum absolute atomic E-state index is 12.6. The van der Waals surface area contributed by atoms with Gasteiger partial charge in [0.15, 0.2) is 0 Å². The maximum Gasteiger partial charge on any atom is 0.325 e. The van der Waals surface area contributed by atoms with Crippen LogP contribution in [0.15, 0.2) is 24.3 Å². The smallest absolute Gasteiger partial charge is 0.319 e. The first kappa shape index (κ1) is 14.1. The van der Waals surface area contributed by atoms with Crippen molar-refractivity contribution in [3.8, 4) is 0 Å². The van der Waals surface area contributed by atoms with Crippen LogP contribution in [0.5, 0.6) is 0 Å². The van der Waals surface area contributed by atoms with E-state index in [9.17, 15) is 9.59 Å². The molecule has 1 fully saturated rings. The van der Waals surface area contributed by atoms with E-state index >= 15 is 0 Å². The largest absolute Gasteiger partial charge is 0.325 e. The van der Waals surface area contributed by atoms with E-state index in [0.29, 0.717) is 18.3 Å². The van der Waals surface area contributed by atoms with E-state index in [1.807, 2.05) is 38.1 Å². The van der Waals surface area contributed by atoms with Crippen LogP contribution >= 0.6 is 15.9 Å². The van der Waals surface area contributed by atoms with E-state index in [-0.39, 0.29) is 11.9 Å². The second-order valence-electron chi connectivity index (χ2n) is 4.70. The summed E-state index contributed by atoms with van der Waals surface area (Å²) in [6, 6.07) is 7.42. The molecule has 19 heavy (non-hydrogen) atoms. The Hall–Kier alpha value is -1.36. The van der Waals surface area contributed by atoms with Crippen LogP contribution in [-0.4, -0.2) is 28.7 Å². The fraction of sp³-hybridized carbons (Fsp3) is 0.429. The molecule has 0 bridgehead atoms. The molecule has 0 saturated carbocycles. The first-order valence-electron chi connectivity index (χ1n) is 6.32. The number of imide groups is 1. The van der Waals surface area contributed by atoms with Crippen LogP contribution < -0.4 is 5.32 Å². The number of nitrogens with zero attached hydrogens (tertiary/aromatic N) is 1. The molecule has 1 heterocycles. The Morgan fingerprint density at radius 1 is 1.26 bits per heavy atom. The summed E-state index contributed by atoms with van der Waals surface area (Å²) in [5, 5.41) is 3.44. The predicted molar refractivity (Wildman–Crippen MR) is 77.2 cm³/mol. The monoisotopic (exact) mass is 324 g/mol. The number of amides is 3. The summed E-state index contributed by atoms with van der Waals surface area (Å²) in [5.41, 5.74) is 1.06. The molecular formula is C14H17BrN2O2. The third-order valence-corrected chi connectivity index (χ3v) is 3.91. The number of hydrogen-bond donors (Lipinski definition) is 1. The molecule has 0 spiro atoms. The summed E-state index contributed by atoms with van der Waals surface area (Å²) < 4.78 is 0. The standard InChI is InChI=1S/C14H17BrN2O2/c1-3-14(11-6-4-10(2)5-7-11)12(18)17(9-8-15)13(19)16-14/h4-7H,3,8-9H2,1-2H3,(H,16,19). The third kappa shape index (κ3) is 2.27. The lowest BCUT2D eigenvalue weighted by molar-refractivity contribution is -0.131. The van der Waals surface area contributed by atoms with Crippen molar-refractivity contribution in [2.24, 2.45) is 0 Å². The molecule has 0 aromatic heterocycles. The lowest BCUT2D eigenvalue weighted by atomic mass is 9.87. The SMILES string of the molecule is CCC1(c2ccc(C)cc2)NC(=O)N(CCBr)C1=O. The topological polar surface area (TPSA) is 49.4 Å². The van der Waals surface area contributed by atoms with Crippen molar-refractivity contribution in [2.45, 2.75) is 25.8 Å². The fourth-order valence-electron chi connectivity index (χ4n) is 2.39. The van der Waals surface area contributed by atoms with Crippen molar-refractivity contribution in [3.63, 3.8) is 0 Å². The summed E-state index contributed by atoms with van der Waals surface area (Å²) in [4.78, 5) is 25.8. The van der Waals surface area contributed by atoms with E-state index in [1.165, 1.54) is 4.90 Å². The summed E-state index contributed by atoms with van der Waals surface area (Å²) in [5.74, 6) is -0.164. The Kier molecular flexibility index (Phi) is 3.94. The summed E-state index contributed by atoms with van der Waals surface area (Å²) >= 11 is 3.27. The van der Waals surface area contributed by atoms with Crippen LogP contribution in [0.2, 0.25) is 0 Å². The van der Waals surface area contributed by atoms with Crippen LogP contribution in [0.1, 0.15) is 24.5 Å². The molecule has 1 N–H and O–H groups in total. The van der Waals surface area contributed by atoms with Gasteiger partial charge in [-0.25, -0.2) is 4.79 Å². The number of benzene rings is 1. The molecule has 1 unspecified atom stereocenters. The zero-order chi connectivity index (χ0) is 14.0. The number of rotatable bonds is 4. The van der Waals surface area contributed by atoms with Crippen molar-refractivity contribution in [1.29, 1.82) is 0 Å². The van der Waals surface area contributed by atoms with Gasteiger partial charge < -0.3 is 5.32 Å². The molecule has 4 nitrogen and oxygen atoms in total. The molecule has 0 aliphatic carbocycles. The summed E-state index contributed by atoms with van der Waals surface area (Å²) in [7, 11) is 0. The molecule has 1 aromatic carbocycles. The van der Waals surface area contributed by atoms with E-state index in [2.05, 4.69) is 21.2 Å². The highest BCUT2D eigenvalue weighted by Gasteiger charge is 2.50.